The van der Waals surface area contributed by atoms with E-state index in [2.05, 4.69) is 37.4 Å². The van der Waals surface area contributed by atoms with Crippen LogP contribution in [-0.2, 0) is 24.7 Å². The average Bonchev–Trinajstić information content (AvgIpc) is 3.34. The third-order valence-corrected chi connectivity index (χ3v) is 7.09. The van der Waals surface area contributed by atoms with Gasteiger partial charge < -0.3 is 20.9 Å². The van der Waals surface area contributed by atoms with Crippen LogP contribution in [0.15, 0.2) is 85.3 Å². The van der Waals surface area contributed by atoms with Crippen molar-refractivity contribution in [3.63, 3.8) is 0 Å². The van der Waals surface area contributed by atoms with Gasteiger partial charge in [-0.25, -0.2) is 9.97 Å². The smallest absolute Gasteiger partial charge is 0.253 e. The summed E-state index contributed by atoms with van der Waals surface area (Å²) in [7, 11) is 1.91. The molecule has 1 aliphatic heterocycles. The van der Waals surface area contributed by atoms with Crippen LogP contribution >= 0.6 is 0 Å². The van der Waals surface area contributed by atoms with Crippen molar-refractivity contribution in [2.24, 2.45) is 7.05 Å². The second-order valence-corrected chi connectivity index (χ2v) is 9.94. The number of nitrogens with zero attached hydrogens (tertiary/aromatic N) is 4. The fraction of sp³-hybridized carbons (Fsp3) is 0.121. The van der Waals surface area contributed by atoms with E-state index >= 15 is 0 Å². The lowest BCUT2D eigenvalue weighted by Gasteiger charge is -2.14. The van der Waals surface area contributed by atoms with Gasteiger partial charge in [0.2, 0.25) is 11.9 Å². The molecule has 2 aromatic carbocycles. The Hall–Kier alpha value is -5.75. The predicted octanol–water partition coefficient (Wildman–Crippen LogP) is 3.99. The average molecular weight is 554 g/mol. The number of carbonyl (C=O) groups excluding carboxylic acids is 2. The van der Waals surface area contributed by atoms with Gasteiger partial charge in [0.1, 0.15) is 5.69 Å². The molecule has 4 N–H and O–H groups in total. The van der Waals surface area contributed by atoms with Crippen molar-refractivity contribution in [2.75, 3.05) is 17.6 Å². The largest absolute Gasteiger partial charge is 0.368 e. The third kappa shape index (κ3) is 5.60. The first kappa shape index (κ1) is 26.5. The molecule has 0 spiro atoms. The van der Waals surface area contributed by atoms with Crippen LogP contribution in [0.1, 0.15) is 32.7 Å². The number of rotatable bonds is 5. The van der Waals surface area contributed by atoms with E-state index in [0.29, 0.717) is 23.4 Å². The van der Waals surface area contributed by atoms with Crippen LogP contribution < -0.4 is 16.4 Å². The molecule has 0 bridgehead atoms. The minimum atomic E-state index is -0.127. The molecule has 0 saturated heterocycles. The van der Waals surface area contributed by atoms with E-state index in [0.717, 1.165) is 45.7 Å². The lowest BCUT2D eigenvalue weighted by atomic mass is 10.1. The second kappa shape index (κ2) is 11.4. The molecule has 9 heteroatoms. The van der Waals surface area contributed by atoms with E-state index in [-0.39, 0.29) is 24.2 Å². The molecule has 0 radical (unpaired) electrons. The van der Waals surface area contributed by atoms with E-state index in [1.54, 1.807) is 18.6 Å². The maximum atomic E-state index is 12.9. The molecule has 9 nitrogen and oxygen atoms in total. The van der Waals surface area contributed by atoms with Gasteiger partial charge in [-0.2, -0.15) is 0 Å². The zero-order valence-electron chi connectivity index (χ0n) is 22.9. The number of amides is 2. The van der Waals surface area contributed by atoms with Crippen LogP contribution in [0, 0.1) is 11.8 Å². The number of nitrogen functional groups attached to an aromatic ring is 1. The molecule has 4 heterocycles. The first-order valence-corrected chi connectivity index (χ1v) is 13.5. The molecular formula is C33H27N7O2. The summed E-state index contributed by atoms with van der Waals surface area (Å²) >= 11 is 0. The SMILES string of the molecule is Cn1c(-c2nc(N)ncc2C#Cc2cccc(CC(=O)Nc3cccc(-c4ccncc4)c3)c2)cc2c1CCNC2=O. The number of fused-ring (bicyclic) bond motifs is 1. The van der Waals surface area contributed by atoms with E-state index in [1.807, 2.05) is 78.3 Å². The highest BCUT2D eigenvalue weighted by Gasteiger charge is 2.24. The third-order valence-electron chi connectivity index (χ3n) is 7.09. The van der Waals surface area contributed by atoms with E-state index in [1.165, 1.54) is 0 Å². The monoisotopic (exact) mass is 553 g/mol. The summed E-state index contributed by atoms with van der Waals surface area (Å²) in [6.07, 6.45) is 6.00. The molecule has 0 fully saturated rings. The van der Waals surface area contributed by atoms with Crippen LogP contribution in [0.5, 0.6) is 0 Å². The van der Waals surface area contributed by atoms with Crippen molar-refractivity contribution in [1.29, 1.82) is 0 Å². The molecule has 2 amide bonds. The number of benzene rings is 2. The van der Waals surface area contributed by atoms with Gasteiger partial charge in [-0.15, -0.1) is 0 Å². The summed E-state index contributed by atoms with van der Waals surface area (Å²) in [5.41, 5.74) is 13.7. The molecule has 1 aliphatic rings. The maximum absolute atomic E-state index is 12.9. The highest BCUT2D eigenvalue weighted by molar-refractivity contribution is 5.98. The fourth-order valence-corrected chi connectivity index (χ4v) is 5.05. The van der Waals surface area contributed by atoms with Gasteiger partial charge in [-0.1, -0.05) is 36.1 Å². The number of hydrogen-bond acceptors (Lipinski definition) is 6. The summed E-state index contributed by atoms with van der Waals surface area (Å²) in [5.74, 6) is 6.24. The number of hydrogen-bond donors (Lipinski definition) is 3. The van der Waals surface area contributed by atoms with Crippen LogP contribution in [0.2, 0.25) is 0 Å². The lowest BCUT2D eigenvalue weighted by molar-refractivity contribution is -0.115. The van der Waals surface area contributed by atoms with Crippen molar-refractivity contribution in [1.82, 2.24) is 24.8 Å². The Kier molecular flexibility index (Phi) is 7.18. The van der Waals surface area contributed by atoms with Gasteiger partial charge in [0.05, 0.1) is 23.2 Å². The van der Waals surface area contributed by atoms with Gasteiger partial charge in [0.25, 0.3) is 5.91 Å². The highest BCUT2D eigenvalue weighted by atomic mass is 16.2. The molecule has 0 atom stereocenters. The highest BCUT2D eigenvalue weighted by Crippen LogP contribution is 2.28. The number of pyridine rings is 1. The maximum Gasteiger partial charge on any atom is 0.253 e. The van der Waals surface area contributed by atoms with Gasteiger partial charge in [0.15, 0.2) is 0 Å². The summed E-state index contributed by atoms with van der Waals surface area (Å²) in [5, 5.41) is 5.86. The normalized spacial score (nSPS) is 12.1. The molecule has 0 aliphatic carbocycles. The van der Waals surface area contributed by atoms with Crippen molar-refractivity contribution < 1.29 is 9.59 Å². The molecule has 3 aromatic heterocycles. The predicted molar refractivity (Wildman–Crippen MR) is 161 cm³/mol. The number of nitrogens with two attached hydrogens (primary N) is 1. The van der Waals surface area contributed by atoms with Crippen LogP contribution in [-0.4, -0.2) is 37.9 Å². The molecule has 0 unspecified atom stereocenters. The zero-order valence-corrected chi connectivity index (χ0v) is 22.9. The fourth-order valence-electron chi connectivity index (χ4n) is 5.05. The van der Waals surface area contributed by atoms with Gasteiger partial charge in [-0.3, -0.25) is 14.6 Å². The van der Waals surface area contributed by atoms with Crippen LogP contribution in [0.25, 0.3) is 22.5 Å². The van der Waals surface area contributed by atoms with E-state index < -0.39 is 0 Å². The molecule has 0 saturated carbocycles. The number of nitrogens with one attached hydrogen (secondary N) is 2. The summed E-state index contributed by atoms with van der Waals surface area (Å²) in [6, 6.07) is 20.9. The minimum absolute atomic E-state index is 0.102. The Morgan fingerprint density at radius 3 is 2.71 bits per heavy atom. The van der Waals surface area contributed by atoms with Gasteiger partial charge >= 0.3 is 0 Å². The Labute approximate surface area is 242 Å². The topological polar surface area (TPSA) is 128 Å². The lowest BCUT2D eigenvalue weighted by Crippen LogP contribution is -2.31. The van der Waals surface area contributed by atoms with E-state index in [4.69, 9.17) is 5.73 Å². The number of aromatic nitrogens is 4. The molecular weight excluding hydrogens is 526 g/mol. The summed E-state index contributed by atoms with van der Waals surface area (Å²) < 4.78 is 1.97. The molecule has 206 valence electrons. The van der Waals surface area contributed by atoms with Crippen LogP contribution in [0.4, 0.5) is 11.6 Å². The summed E-state index contributed by atoms with van der Waals surface area (Å²) in [4.78, 5) is 37.9. The Bertz CT molecular complexity index is 1880. The quantitative estimate of drug-likeness (QED) is 0.283. The second-order valence-electron chi connectivity index (χ2n) is 9.94. The number of anilines is 2. The van der Waals surface area contributed by atoms with Gasteiger partial charge in [0, 0.05) is 55.5 Å². The number of carbonyl (C=O) groups is 2. The van der Waals surface area contributed by atoms with E-state index in [9.17, 15) is 9.59 Å². The van der Waals surface area contributed by atoms with Crippen LogP contribution in [0.3, 0.4) is 0 Å². The first-order valence-electron chi connectivity index (χ1n) is 13.5. The summed E-state index contributed by atoms with van der Waals surface area (Å²) in [6.45, 7) is 0.591. The Morgan fingerprint density at radius 1 is 1.05 bits per heavy atom. The minimum Gasteiger partial charge on any atom is -0.368 e. The Balaban J connectivity index is 1.21. The Morgan fingerprint density at radius 2 is 1.88 bits per heavy atom. The zero-order chi connectivity index (χ0) is 29.1. The van der Waals surface area contributed by atoms with Crippen molar-refractivity contribution in [2.45, 2.75) is 12.8 Å². The van der Waals surface area contributed by atoms with Gasteiger partial charge in [-0.05, 0) is 59.2 Å². The molecule has 42 heavy (non-hydrogen) atoms. The molecule has 6 rings (SSSR count). The molecule has 5 aromatic rings. The first-order chi connectivity index (χ1) is 20.4. The van der Waals surface area contributed by atoms with Crippen molar-refractivity contribution in [3.05, 3.63) is 113 Å². The standard InChI is InChI=1S/C33H27N7O2/c1-40-28-12-15-36-32(42)27(28)19-29(40)31-25(20-37-33(34)39-31)9-8-21-4-2-5-22(16-21)17-30(41)38-26-7-3-6-24(18-26)23-10-13-35-14-11-23/h2-7,10-11,13-14,16,18-20H,12,15,17H2,1H3,(H,36,42)(H,38,41)(H2,34,37,39). The van der Waals surface area contributed by atoms with Crippen molar-refractivity contribution in [3.8, 4) is 34.4 Å². The van der Waals surface area contributed by atoms with Crippen molar-refractivity contribution >= 4 is 23.5 Å².